The summed E-state index contributed by atoms with van der Waals surface area (Å²) in [6.45, 7) is 0.638. The van der Waals surface area contributed by atoms with Crippen LogP contribution in [0.5, 0.6) is 0 Å². The van der Waals surface area contributed by atoms with Crippen LogP contribution in [0, 0.1) is 0 Å². The summed E-state index contributed by atoms with van der Waals surface area (Å²) in [6, 6.07) is 12.1. The molecule has 7 heteroatoms. The Morgan fingerprint density at radius 1 is 1.25 bits per heavy atom. The van der Waals surface area contributed by atoms with Crippen molar-refractivity contribution in [2.45, 2.75) is 13.0 Å². The normalized spacial score (nSPS) is 10.9. The van der Waals surface area contributed by atoms with E-state index in [1.807, 2.05) is 24.3 Å². The van der Waals surface area contributed by atoms with Gasteiger partial charge in [-0.25, -0.2) is 9.59 Å². The summed E-state index contributed by atoms with van der Waals surface area (Å²) >= 11 is 5.80. The average Bonchev–Trinajstić information content (AvgIpc) is 2.87. The maximum atomic E-state index is 12.0. The van der Waals surface area contributed by atoms with E-state index in [0.29, 0.717) is 18.0 Å². The first-order chi connectivity index (χ1) is 11.6. The molecule has 0 aliphatic rings. The zero-order valence-electron chi connectivity index (χ0n) is 12.8. The number of aromatic nitrogens is 2. The number of hydrogen-bond donors (Lipinski definition) is 2. The van der Waals surface area contributed by atoms with E-state index in [2.05, 4.69) is 4.98 Å². The number of nitrogens with zero attached hydrogens (tertiary/aromatic N) is 1. The molecule has 0 aliphatic heterocycles. The SMILES string of the molecule is Nc1cc(Cl)ccc1C(=O)OCCCn1c(=O)[nH]c2ccccc21. The number of carbonyl (C=O) groups is 1. The smallest absolute Gasteiger partial charge is 0.340 e. The molecule has 3 rings (SSSR count). The van der Waals surface area contributed by atoms with Crippen LogP contribution in [0.25, 0.3) is 11.0 Å². The summed E-state index contributed by atoms with van der Waals surface area (Å²) in [5, 5.41) is 0.461. The Hall–Kier alpha value is -2.73. The number of nitrogens with one attached hydrogen (secondary N) is 1. The monoisotopic (exact) mass is 345 g/mol. The molecule has 0 radical (unpaired) electrons. The van der Waals surface area contributed by atoms with Crippen molar-refractivity contribution in [3.05, 3.63) is 63.5 Å². The van der Waals surface area contributed by atoms with E-state index in [1.54, 1.807) is 10.6 Å². The molecule has 0 bridgehead atoms. The largest absolute Gasteiger partial charge is 0.462 e. The second-order valence-electron chi connectivity index (χ2n) is 5.32. The standard InChI is InChI=1S/C17H16ClN3O3/c18-11-6-7-12(13(19)10-11)16(22)24-9-3-8-21-15-5-2-1-4-14(15)20-17(21)23/h1-2,4-7,10H,3,8-9,19H2,(H,20,23). The molecule has 0 aliphatic carbocycles. The number of rotatable bonds is 5. The number of anilines is 1. The molecule has 0 unspecified atom stereocenters. The highest BCUT2D eigenvalue weighted by Gasteiger charge is 2.12. The third-order valence-corrected chi connectivity index (χ3v) is 3.91. The lowest BCUT2D eigenvalue weighted by Crippen LogP contribution is -2.18. The first-order valence-electron chi connectivity index (χ1n) is 7.46. The summed E-state index contributed by atoms with van der Waals surface area (Å²) in [5.74, 6) is -0.504. The van der Waals surface area contributed by atoms with Gasteiger partial charge in [-0.05, 0) is 36.8 Å². The van der Waals surface area contributed by atoms with Gasteiger partial charge in [-0.1, -0.05) is 23.7 Å². The predicted octanol–water partition coefficient (Wildman–Crippen LogP) is 2.81. The number of benzene rings is 2. The summed E-state index contributed by atoms with van der Waals surface area (Å²) in [7, 11) is 0. The van der Waals surface area contributed by atoms with Crippen molar-refractivity contribution in [2.75, 3.05) is 12.3 Å². The van der Waals surface area contributed by atoms with Gasteiger partial charge in [0.05, 0.1) is 23.2 Å². The molecule has 2 aromatic carbocycles. The zero-order valence-corrected chi connectivity index (χ0v) is 13.5. The number of hydrogen-bond acceptors (Lipinski definition) is 4. The number of esters is 1. The third-order valence-electron chi connectivity index (χ3n) is 3.67. The minimum Gasteiger partial charge on any atom is -0.462 e. The lowest BCUT2D eigenvalue weighted by molar-refractivity contribution is 0.0497. The predicted molar refractivity (Wildman–Crippen MR) is 93.3 cm³/mol. The molecule has 0 saturated carbocycles. The average molecular weight is 346 g/mol. The van der Waals surface area contributed by atoms with Crippen molar-refractivity contribution in [1.82, 2.24) is 9.55 Å². The number of nitrogen functional groups attached to an aromatic ring is 1. The Balaban J connectivity index is 1.59. The molecule has 0 spiro atoms. The van der Waals surface area contributed by atoms with E-state index >= 15 is 0 Å². The molecule has 3 N–H and O–H groups in total. The summed E-state index contributed by atoms with van der Waals surface area (Å²) in [5.41, 5.74) is 7.75. The summed E-state index contributed by atoms with van der Waals surface area (Å²) in [4.78, 5) is 26.7. The number of fused-ring (bicyclic) bond motifs is 1. The molecule has 1 heterocycles. The highest BCUT2D eigenvalue weighted by Crippen LogP contribution is 2.19. The lowest BCUT2D eigenvalue weighted by Gasteiger charge is -2.08. The molecule has 0 fully saturated rings. The van der Waals surface area contributed by atoms with Crippen molar-refractivity contribution in [3.63, 3.8) is 0 Å². The van der Waals surface area contributed by atoms with Gasteiger partial charge in [-0.3, -0.25) is 4.57 Å². The second kappa shape index (κ2) is 6.80. The molecular formula is C17H16ClN3O3. The fraction of sp³-hybridized carbons (Fsp3) is 0.176. The number of carbonyl (C=O) groups excluding carboxylic acids is 1. The highest BCUT2D eigenvalue weighted by molar-refractivity contribution is 6.31. The Labute approximate surface area is 142 Å². The number of halogens is 1. The molecule has 0 amide bonds. The van der Waals surface area contributed by atoms with Crippen LogP contribution < -0.4 is 11.4 Å². The van der Waals surface area contributed by atoms with Gasteiger partial charge in [-0.2, -0.15) is 0 Å². The number of H-pyrrole nitrogens is 1. The second-order valence-corrected chi connectivity index (χ2v) is 5.76. The van der Waals surface area contributed by atoms with Crippen molar-refractivity contribution in [1.29, 1.82) is 0 Å². The lowest BCUT2D eigenvalue weighted by atomic mass is 10.2. The minimum absolute atomic E-state index is 0.176. The van der Waals surface area contributed by atoms with Gasteiger partial charge in [0.1, 0.15) is 0 Å². The Morgan fingerprint density at radius 3 is 2.83 bits per heavy atom. The van der Waals surface area contributed by atoms with Crippen molar-refractivity contribution in [3.8, 4) is 0 Å². The van der Waals surface area contributed by atoms with Gasteiger partial charge in [0.2, 0.25) is 0 Å². The van der Waals surface area contributed by atoms with Crippen LogP contribution in [0.1, 0.15) is 16.8 Å². The maximum absolute atomic E-state index is 12.0. The topological polar surface area (TPSA) is 90.1 Å². The first-order valence-corrected chi connectivity index (χ1v) is 7.84. The minimum atomic E-state index is -0.504. The number of imidazole rings is 1. The van der Waals surface area contributed by atoms with Gasteiger partial charge in [0, 0.05) is 17.3 Å². The van der Waals surface area contributed by atoms with Crippen molar-refractivity contribution in [2.24, 2.45) is 0 Å². The fourth-order valence-electron chi connectivity index (χ4n) is 2.51. The molecular weight excluding hydrogens is 330 g/mol. The van der Waals surface area contributed by atoms with E-state index in [-0.39, 0.29) is 23.5 Å². The molecule has 1 aromatic heterocycles. The maximum Gasteiger partial charge on any atom is 0.340 e. The van der Waals surface area contributed by atoms with Gasteiger partial charge in [0.25, 0.3) is 0 Å². The quantitative estimate of drug-likeness (QED) is 0.422. The van der Waals surface area contributed by atoms with E-state index < -0.39 is 5.97 Å². The highest BCUT2D eigenvalue weighted by atomic mass is 35.5. The van der Waals surface area contributed by atoms with Crippen molar-refractivity contribution < 1.29 is 9.53 Å². The number of aromatic amines is 1. The van der Waals surface area contributed by atoms with E-state index in [0.717, 1.165) is 11.0 Å². The number of nitrogens with two attached hydrogens (primary N) is 1. The Morgan fingerprint density at radius 2 is 2.04 bits per heavy atom. The summed E-state index contributed by atoms with van der Waals surface area (Å²) < 4.78 is 6.84. The summed E-state index contributed by atoms with van der Waals surface area (Å²) in [6.07, 6.45) is 0.515. The van der Waals surface area contributed by atoms with Crippen LogP contribution in [0.3, 0.4) is 0 Å². The van der Waals surface area contributed by atoms with Gasteiger partial charge in [-0.15, -0.1) is 0 Å². The van der Waals surface area contributed by atoms with Gasteiger partial charge in [0.15, 0.2) is 0 Å². The Bertz CT molecular complexity index is 946. The van der Waals surface area contributed by atoms with Crippen LogP contribution in [0.2, 0.25) is 5.02 Å². The van der Waals surface area contributed by atoms with Crippen LogP contribution >= 0.6 is 11.6 Å². The molecule has 6 nitrogen and oxygen atoms in total. The number of ether oxygens (including phenoxy) is 1. The molecule has 24 heavy (non-hydrogen) atoms. The molecule has 0 saturated heterocycles. The van der Waals surface area contributed by atoms with Crippen LogP contribution in [0.15, 0.2) is 47.3 Å². The Kier molecular flexibility index (Phi) is 4.57. The third kappa shape index (κ3) is 3.28. The zero-order chi connectivity index (χ0) is 17.1. The van der Waals surface area contributed by atoms with Crippen molar-refractivity contribution >= 4 is 34.3 Å². The van der Waals surface area contributed by atoms with Crippen LogP contribution in [-0.4, -0.2) is 22.1 Å². The molecule has 3 aromatic rings. The van der Waals surface area contributed by atoms with Gasteiger partial charge < -0.3 is 15.5 Å². The number of para-hydroxylation sites is 2. The number of aryl methyl sites for hydroxylation is 1. The molecule has 124 valence electrons. The van der Waals surface area contributed by atoms with Crippen LogP contribution in [0.4, 0.5) is 5.69 Å². The van der Waals surface area contributed by atoms with Crippen LogP contribution in [-0.2, 0) is 11.3 Å². The fourth-order valence-corrected chi connectivity index (χ4v) is 2.69. The van der Waals surface area contributed by atoms with E-state index in [1.165, 1.54) is 12.1 Å². The van der Waals surface area contributed by atoms with E-state index in [4.69, 9.17) is 22.1 Å². The van der Waals surface area contributed by atoms with E-state index in [9.17, 15) is 9.59 Å². The first kappa shape index (κ1) is 16.1. The van der Waals surface area contributed by atoms with Gasteiger partial charge >= 0.3 is 11.7 Å². The molecule has 0 atom stereocenters.